The van der Waals surface area contributed by atoms with Crippen molar-refractivity contribution in [2.75, 3.05) is 0 Å². The molecule has 0 aliphatic heterocycles. The van der Waals surface area contributed by atoms with Crippen LogP contribution in [0.3, 0.4) is 0 Å². The summed E-state index contributed by atoms with van der Waals surface area (Å²) in [7, 11) is -2.05. The van der Waals surface area contributed by atoms with Gasteiger partial charge < -0.3 is 0 Å². The minimum absolute atomic E-state index is 0.766. The van der Waals surface area contributed by atoms with Gasteiger partial charge in [-0.1, -0.05) is 0 Å². The Balaban J connectivity index is 1.79. The molecular formula is C18H35OP. The van der Waals surface area contributed by atoms with E-state index in [2.05, 4.69) is 0 Å². The van der Waals surface area contributed by atoms with Gasteiger partial charge >= 0.3 is 126 Å². The summed E-state index contributed by atoms with van der Waals surface area (Å²) in [4.78, 5) is 12.0. The summed E-state index contributed by atoms with van der Waals surface area (Å²) in [6.07, 6.45) is 20.9. The SMILES string of the molecule is O[PH](C1CCCCC1)(C1CCCCC1)C1CCCCC1. The topological polar surface area (TPSA) is 20.2 Å². The van der Waals surface area contributed by atoms with Crippen LogP contribution >= 0.6 is 7.49 Å². The van der Waals surface area contributed by atoms with Crippen LogP contribution in [-0.4, -0.2) is 21.9 Å². The van der Waals surface area contributed by atoms with E-state index in [0.717, 1.165) is 17.0 Å². The molecule has 0 amide bonds. The van der Waals surface area contributed by atoms with Gasteiger partial charge in [0, 0.05) is 0 Å². The first kappa shape index (κ1) is 15.3. The zero-order valence-corrected chi connectivity index (χ0v) is 14.3. The van der Waals surface area contributed by atoms with Crippen LogP contribution in [0.25, 0.3) is 0 Å². The second-order valence-corrected chi connectivity index (χ2v) is 12.1. The van der Waals surface area contributed by atoms with Gasteiger partial charge in [0.05, 0.1) is 0 Å². The third-order valence-corrected chi connectivity index (χ3v) is 12.4. The maximum absolute atomic E-state index is 12.0. The Hall–Kier alpha value is 0.390. The van der Waals surface area contributed by atoms with Crippen LogP contribution in [0.4, 0.5) is 0 Å². The van der Waals surface area contributed by atoms with E-state index in [4.69, 9.17) is 0 Å². The quantitative estimate of drug-likeness (QED) is 0.668. The average Bonchev–Trinajstić information content (AvgIpc) is 2.56. The van der Waals surface area contributed by atoms with Crippen LogP contribution in [0.15, 0.2) is 0 Å². The van der Waals surface area contributed by atoms with Crippen LogP contribution in [-0.2, 0) is 0 Å². The molecule has 0 aromatic heterocycles. The molecular weight excluding hydrogens is 263 g/mol. The van der Waals surface area contributed by atoms with Crippen molar-refractivity contribution in [1.82, 2.24) is 0 Å². The van der Waals surface area contributed by atoms with Crippen molar-refractivity contribution in [2.45, 2.75) is 113 Å². The Morgan fingerprint density at radius 1 is 0.450 bits per heavy atom. The Bertz CT molecular complexity index is 240. The van der Waals surface area contributed by atoms with Crippen molar-refractivity contribution in [3.05, 3.63) is 0 Å². The molecule has 3 aliphatic carbocycles. The van der Waals surface area contributed by atoms with Crippen molar-refractivity contribution < 1.29 is 4.89 Å². The van der Waals surface area contributed by atoms with Crippen LogP contribution in [0.2, 0.25) is 0 Å². The predicted octanol–water partition coefficient (Wildman–Crippen LogP) is 5.64. The summed E-state index contributed by atoms with van der Waals surface area (Å²) in [5, 5.41) is 0. The van der Waals surface area contributed by atoms with E-state index in [9.17, 15) is 4.89 Å². The zero-order chi connectivity index (χ0) is 13.8. The summed E-state index contributed by atoms with van der Waals surface area (Å²) < 4.78 is 0. The van der Waals surface area contributed by atoms with Gasteiger partial charge in [0.25, 0.3) is 0 Å². The van der Waals surface area contributed by atoms with Crippen molar-refractivity contribution in [2.24, 2.45) is 0 Å². The fourth-order valence-corrected chi connectivity index (χ4v) is 11.7. The van der Waals surface area contributed by atoms with Gasteiger partial charge in [0.1, 0.15) is 0 Å². The summed E-state index contributed by atoms with van der Waals surface area (Å²) in [6, 6.07) is 0. The summed E-state index contributed by atoms with van der Waals surface area (Å²) in [5.74, 6) is 0. The first-order valence-corrected chi connectivity index (χ1v) is 11.7. The normalized spacial score (nSPS) is 29.4. The molecule has 118 valence electrons. The maximum atomic E-state index is 12.0. The molecule has 20 heavy (non-hydrogen) atoms. The molecule has 0 unspecified atom stereocenters. The number of hydrogen-bond acceptors (Lipinski definition) is 1. The molecule has 3 fully saturated rings. The zero-order valence-electron chi connectivity index (χ0n) is 13.3. The fraction of sp³-hybridized carbons (Fsp3) is 1.00. The molecule has 0 saturated heterocycles. The first-order chi connectivity index (χ1) is 9.82. The Morgan fingerprint density at radius 2 is 0.700 bits per heavy atom. The fourth-order valence-electron chi connectivity index (χ4n) is 5.70. The van der Waals surface area contributed by atoms with Crippen LogP contribution in [0.1, 0.15) is 96.3 Å². The van der Waals surface area contributed by atoms with Crippen LogP contribution < -0.4 is 0 Å². The van der Waals surface area contributed by atoms with E-state index in [0.29, 0.717) is 0 Å². The molecule has 1 N–H and O–H groups in total. The standard InChI is InChI=1S/C18H35OP/c19-20(16-10-4-1-5-11-16,17-12-6-2-7-13-17)18-14-8-3-9-15-18/h16-20H,1-15H2. The molecule has 0 spiro atoms. The third kappa shape index (κ3) is 3.09. The summed E-state index contributed by atoms with van der Waals surface area (Å²) in [6.45, 7) is 0. The van der Waals surface area contributed by atoms with Crippen LogP contribution in [0.5, 0.6) is 0 Å². The monoisotopic (exact) mass is 298 g/mol. The van der Waals surface area contributed by atoms with Gasteiger partial charge in [-0.25, -0.2) is 0 Å². The van der Waals surface area contributed by atoms with Crippen LogP contribution in [0, 0.1) is 0 Å². The first-order valence-electron chi connectivity index (χ1n) is 9.54. The van der Waals surface area contributed by atoms with E-state index < -0.39 is 7.49 Å². The average molecular weight is 298 g/mol. The second-order valence-electron chi connectivity index (χ2n) is 7.89. The van der Waals surface area contributed by atoms with Gasteiger partial charge in [-0.05, 0) is 0 Å². The van der Waals surface area contributed by atoms with E-state index >= 15 is 0 Å². The third-order valence-electron chi connectivity index (χ3n) is 6.78. The van der Waals surface area contributed by atoms with Crippen molar-refractivity contribution in [3.8, 4) is 0 Å². The second kappa shape index (κ2) is 7.10. The molecule has 0 heterocycles. The van der Waals surface area contributed by atoms with Gasteiger partial charge in [-0.15, -0.1) is 0 Å². The van der Waals surface area contributed by atoms with Gasteiger partial charge in [0.2, 0.25) is 0 Å². The Morgan fingerprint density at radius 3 is 0.950 bits per heavy atom. The molecule has 2 heteroatoms. The molecule has 0 aromatic rings. The summed E-state index contributed by atoms with van der Waals surface area (Å²) in [5.41, 5.74) is 2.30. The molecule has 3 rings (SSSR count). The molecule has 3 aliphatic rings. The van der Waals surface area contributed by atoms with E-state index in [1.807, 2.05) is 0 Å². The Kier molecular flexibility index (Phi) is 5.43. The molecule has 0 aromatic carbocycles. The van der Waals surface area contributed by atoms with Crippen molar-refractivity contribution >= 4 is 7.49 Å². The van der Waals surface area contributed by atoms with Gasteiger partial charge in [-0.3, -0.25) is 0 Å². The van der Waals surface area contributed by atoms with Gasteiger partial charge in [0.15, 0.2) is 0 Å². The predicted molar refractivity (Wildman–Crippen MR) is 91.2 cm³/mol. The molecule has 0 atom stereocenters. The number of rotatable bonds is 3. The van der Waals surface area contributed by atoms with E-state index in [1.54, 1.807) is 0 Å². The molecule has 0 radical (unpaired) electrons. The molecule has 1 nitrogen and oxygen atoms in total. The number of hydrogen-bond donors (Lipinski definition) is 1. The van der Waals surface area contributed by atoms with E-state index in [1.165, 1.54) is 96.3 Å². The summed E-state index contributed by atoms with van der Waals surface area (Å²) >= 11 is 0. The molecule has 0 bridgehead atoms. The van der Waals surface area contributed by atoms with Crippen molar-refractivity contribution in [1.29, 1.82) is 0 Å². The van der Waals surface area contributed by atoms with Gasteiger partial charge in [-0.2, -0.15) is 0 Å². The van der Waals surface area contributed by atoms with Crippen molar-refractivity contribution in [3.63, 3.8) is 0 Å². The Labute approximate surface area is 126 Å². The minimum atomic E-state index is -2.05. The molecule has 3 saturated carbocycles. The van der Waals surface area contributed by atoms with E-state index in [-0.39, 0.29) is 0 Å².